The zero-order chi connectivity index (χ0) is 19.2. The van der Waals surface area contributed by atoms with Crippen molar-refractivity contribution in [3.05, 3.63) is 94.5 Å². The summed E-state index contributed by atoms with van der Waals surface area (Å²) in [5.74, 6) is 1.05. The molecule has 0 bridgehead atoms. The Morgan fingerprint density at radius 1 is 0.704 bits per heavy atom. The van der Waals surface area contributed by atoms with Gasteiger partial charge in [0.05, 0.1) is 14.2 Å². The van der Waals surface area contributed by atoms with Crippen molar-refractivity contribution in [2.45, 2.75) is 5.92 Å². The molecule has 0 radical (unpaired) electrons. The van der Waals surface area contributed by atoms with Gasteiger partial charge in [-0.2, -0.15) is 0 Å². The molecule has 0 saturated heterocycles. The van der Waals surface area contributed by atoms with Crippen molar-refractivity contribution >= 4 is 12.6 Å². The molecule has 0 aliphatic carbocycles. The van der Waals surface area contributed by atoms with Crippen molar-refractivity contribution in [2.75, 3.05) is 14.2 Å². The van der Waals surface area contributed by atoms with E-state index >= 15 is 0 Å². The minimum atomic E-state index is -0.268. The van der Waals surface area contributed by atoms with E-state index in [4.69, 9.17) is 9.47 Å². The van der Waals surface area contributed by atoms with Crippen LogP contribution in [0.4, 0.5) is 0 Å². The molecule has 0 aliphatic heterocycles. The Balaban J connectivity index is 2.32. The molecule has 0 atom stereocenters. The van der Waals surface area contributed by atoms with Gasteiger partial charge in [-0.15, -0.1) is 0 Å². The number of hydrogen-bond acceptors (Lipinski definition) is 4. The Hall–Kier alpha value is -3.40. The van der Waals surface area contributed by atoms with Crippen LogP contribution >= 0.6 is 0 Å². The van der Waals surface area contributed by atoms with E-state index in [9.17, 15) is 9.59 Å². The molecule has 3 aromatic carbocycles. The number of ether oxygens (including phenoxy) is 2. The zero-order valence-corrected chi connectivity index (χ0v) is 15.2. The van der Waals surface area contributed by atoms with Gasteiger partial charge < -0.3 is 9.47 Å². The van der Waals surface area contributed by atoms with E-state index in [0.717, 1.165) is 29.3 Å². The summed E-state index contributed by atoms with van der Waals surface area (Å²) in [6.45, 7) is 0. The van der Waals surface area contributed by atoms with Gasteiger partial charge in [0, 0.05) is 28.2 Å². The van der Waals surface area contributed by atoms with Gasteiger partial charge in [0.2, 0.25) is 0 Å². The SMILES string of the molecule is COc1ccc(C=O)cc1C(c1ccccc1)c1cc(C=O)ccc1OC. The smallest absolute Gasteiger partial charge is 0.150 e. The number of rotatable bonds is 7. The Morgan fingerprint density at radius 2 is 1.19 bits per heavy atom. The summed E-state index contributed by atoms with van der Waals surface area (Å²) in [5, 5.41) is 0. The second kappa shape index (κ2) is 8.32. The molecule has 136 valence electrons. The maximum absolute atomic E-state index is 11.4. The van der Waals surface area contributed by atoms with Crippen molar-refractivity contribution in [3.63, 3.8) is 0 Å². The predicted octanol–water partition coefficient (Wildman–Crippen LogP) is 4.51. The lowest BCUT2D eigenvalue weighted by molar-refractivity contribution is 0.111. The molecule has 3 aromatic rings. The summed E-state index contributed by atoms with van der Waals surface area (Å²) >= 11 is 0. The molecule has 27 heavy (non-hydrogen) atoms. The molecule has 0 aliphatic rings. The van der Waals surface area contributed by atoms with Gasteiger partial charge in [-0.25, -0.2) is 0 Å². The minimum Gasteiger partial charge on any atom is -0.496 e. The van der Waals surface area contributed by atoms with Crippen LogP contribution in [0.15, 0.2) is 66.7 Å². The average molecular weight is 360 g/mol. The highest BCUT2D eigenvalue weighted by Gasteiger charge is 2.24. The number of hydrogen-bond donors (Lipinski definition) is 0. The van der Waals surface area contributed by atoms with Crippen LogP contribution in [0.1, 0.15) is 43.3 Å². The first-order valence-corrected chi connectivity index (χ1v) is 8.53. The van der Waals surface area contributed by atoms with Gasteiger partial charge in [0.15, 0.2) is 0 Å². The lowest BCUT2D eigenvalue weighted by atomic mass is 9.83. The highest BCUT2D eigenvalue weighted by atomic mass is 16.5. The fourth-order valence-corrected chi connectivity index (χ4v) is 3.28. The van der Waals surface area contributed by atoms with E-state index in [-0.39, 0.29) is 5.92 Å². The first kappa shape index (κ1) is 18.4. The molecule has 0 heterocycles. The van der Waals surface area contributed by atoms with Crippen molar-refractivity contribution in [3.8, 4) is 11.5 Å². The van der Waals surface area contributed by atoms with Crippen LogP contribution in [0.25, 0.3) is 0 Å². The quantitative estimate of drug-likeness (QED) is 0.459. The molecule has 4 heteroatoms. The van der Waals surface area contributed by atoms with Crippen LogP contribution in [0, 0.1) is 0 Å². The predicted molar refractivity (Wildman–Crippen MR) is 104 cm³/mol. The molecular formula is C23H20O4. The fraction of sp³-hybridized carbons (Fsp3) is 0.130. The molecule has 0 unspecified atom stereocenters. The topological polar surface area (TPSA) is 52.6 Å². The van der Waals surface area contributed by atoms with Crippen LogP contribution in [-0.4, -0.2) is 26.8 Å². The van der Waals surface area contributed by atoms with Gasteiger partial charge in [-0.05, 0) is 42.0 Å². The molecule has 0 amide bonds. The Bertz CT molecular complexity index is 888. The second-order valence-electron chi connectivity index (χ2n) is 6.08. The van der Waals surface area contributed by atoms with Crippen molar-refractivity contribution in [1.29, 1.82) is 0 Å². The van der Waals surface area contributed by atoms with Crippen LogP contribution in [-0.2, 0) is 0 Å². The molecule has 0 fully saturated rings. The third-order valence-corrected chi connectivity index (χ3v) is 4.53. The standard InChI is InChI=1S/C23H20O4/c1-26-21-10-8-16(14-24)12-19(21)23(18-6-4-3-5-7-18)20-13-17(15-25)9-11-22(20)27-2/h3-15,23H,1-2H3. The van der Waals surface area contributed by atoms with Gasteiger partial charge >= 0.3 is 0 Å². The van der Waals surface area contributed by atoms with Crippen molar-refractivity contribution in [1.82, 2.24) is 0 Å². The normalized spacial score (nSPS) is 10.5. The average Bonchev–Trinajstić information content (AvgIpc) is 2.74. The lowest BCUT2D eigenvalue weighted by Gasteiger charge is -2.23. The maximum atomic E-state index is 11.4. The van der Waals surface area contributed by atoms with Gasteiger partial charge in [-0.3, -0.25) is 9.59 Å². The van der Waals surface area contributed by atoms with E-state index in [1.807, 2.05) is 42.5 Å². The summed E-state index contributed by atoms with van der Waals surface area (Å²) in [6, 6.07) is 20.5. The van der Waals surface area contributed by atoms with Crippen molar-refractivity contribution in [2.24, 2.45) is 0 Å². The van der Waals surface area contributed by atoms with Crippen LogP contribution in [0.2, 0.25) is 0 Å². The summed E-state index contributed by atoms with van der Waals surface area (Å²) in [6.07, 6.45) is 1.62. The first-order valence-electron chi connectivity index (χ1n) is 8.53. The fourth-order valence-electron chi connectivity index (χ4n) is 3.28. The van der Waals surface area contributed by atoms with Gasteiger partial charge in [0.25, 0.3) is 0 Å². The van der Waals surface area contributed by atoms with E-state index in [0.29, 0.717) is 22.6 Å². The van der Waals surface area contributed by atoms with Gasteiger partial charge in [0.1, 0.15) is 24.1 Å². The maximum Gasteiger partial charge on any atom is 0.150 e. The summed E-state index contributed by atoms with van der Waals surface area (Å²) in [4.78, 5) is 22.7. The molecule has 4 nitrogen and oxygen atoms in total. The van der Waals surface area contributed by atoms with E-state index < -0.39 is 0 Å². The van der Waals surface area contributed by atoms with Crippen molar-refractivity contribution < 1.29 is 19.1 Å². The third-order valence-electron chi connectivity index (χ3n) is 4.53. The number of carbonyl (C=O) groups is 2. The zero-order valence-electron chi connectivity index (χ0n) is 15.2. The molecular weight excluding hydrogens is 340 g/mol. The lowest BCUT2D eigenvalue weighted by Crippen LogP contribution is -2.08. The Kier molecular flexibility index (Phi) is 5.67. The minimum absolute atomic E-state index is 0.268. The molecule has 3 rings (SSSR count). The number of carbonyl (C=O) groups excluding carboxylic acids is 2. The van der Waals surface area contributed by atoms with E-state index in [1.165, 1.54) is 0 Å². The summed E-state index contributed by atoms with van der Waals surface area (Å²) in [7, 11) is 3.20. The third kappa shape index (κ3) is 3.75. The van der Waals surface area contributed by atoms with Gasteiger partial charge in [-0.1, -0.05) is 30.3 Å². The Morgan fingerprint density at radius 3 is 1.59 bits per heavy atom. The molecule has 0 saturated carbocycles. The molecule has 0 spiro atoms. The highest BCUT2D eigenvalue weighted by Crippen LogP contribution is 2.41. The van der Waals surface area contributed by atoms with Crippen LogP contribution < -0.4 is 9.47 Å². The largest absolute Gasteiger partial charge is 0.496 e. The first-order chi connectivity index (χ1) is 13.2. The summed E-state index contributed by atoms with van der Waals surface area (Å²) in [5.41, 5.74) is 3.76. The number of methoxy groups -OCH3 is 2. The molecule has 0 aromatic heterocycles. The Labute approximate surface area is 158 Å². The van der Waals surface area contributed by atoms with Crippen LogP contribution in [0.5, 0.6) is 11.5 Å². The van der Waals surface area contributed by atoms with E-state index in [1.54, 1.807) is 38.5 Å². The van der Waals surface area contributed by atoms with E-state index in [2.05, 4.69) is 0 Å². The van der Waals surface area contributed by atoms with Crippen LogP contribution in [0.3, 0.4) is 0 Å². The monoisotopic (exact) mass is 360 g/mol. The second-order valence-corrected chi connectivity index (χ2v) is 6.08. The summed E-state index contributed by atoms with van der Waals surface area (Å²) < 4.78 is 11.1. The highest BCUT2D eigenvalue weighted by molar-refractivity contribution is 5.78. The number of aldehydes is 2. The number of benzene rings is 3. The molecule has 0 N–H and O–H groups in total.